The van der Waals surface area contributed by atoms with Crippen LogP contribution in [0, 0.1) is 6.92 Å². The van der Waals surface area contributed by atoms with Crippen LogP contribution < -0.4 is 9.64 Å². The summed E-state index contributed by atoms with van der Waals surface area (Å²) in [6.45, 7) is 12.1. The zero-order valence-corrected chi connectivity index (χ0v) is 20.4. The number of ether oxygens (including phenoxy) is 1. The number of pyridine rings is 1. The predicted octanol–water partition coefficient (Wildman–Crippen LogP) is 2.70. The molecule has 1 atom stereocenters. The van der Waals surface area contributed by atoms with E-state index < -0.39 is 9.84 Å². The fourth-order valence-electron chi connectivity index (χ4n) is 3.48. The van der Waals surface area contributed by atoms with Crippen molar-refractivity contribution in [3.05, 3.63) is 23.7 Å². The number of rotatable bonds is 8. The number of halogens is 1. The van der Waals surface area contributed by atoms with Crippen molar-refractivity contribution in [3.8, 4) is 5.75 Å². The molecule has 0 amide bonds. The molecule has 0 bridgehead atoms. The summed E-state index contributed by atoms with van der Waals surface area (Å²) < 4.78 is 34.5. The van der Waals surface area contributed by atoms with Gasteiger partial charge in [0.15, 0.2) is 20.7 Å². The van der Waals surface area contributed by atoms with E-state index >= 15 is 0 Å². The van der Waals surface area contributed by atoms with Gasteiger partial charge < -0.3 is 14.2 Å². The van der Waals surface area contributed by atoms with E-state index in [1.165, 1.54) is 6.20 Å². The molecule has 0 saturated carbocycles. The molecule has 0 aromatic carbocycles. The van der Waals surface area contributed by atoms with Gasteiger partial charge in [-0.15, -0.1) is 12.4 Å². The van der Waals surface area contributed by atoms with Crippen LogP contribution in [0.15, 0.2) is 21.8 Å². The minimum atomic E-state index is -3.32. The minimum absolute atomic E-state index is 0. The highest BCUT2D eigenvalue weighted by Gasteiger charge is 2.24. The van der Waals surface area contributed by atoms with Crippen molar-refractivity contribution in [2.75, 3.05) is 43.9 Å². The lowest BCUT2D eigenvalue weighted by Gasteiger charge is -2.37. The molecule has 174 valence electrons. The first kappa shape index (κ1) is 25.4. The van der Waals surface area contributed by atoms with Gasteiger partial charge in [-0.05, 0) is 31.9 Å². The number of piperazine rings is 1. The lowest BCUT2D eigenvalue weighted by Crippen LogP contribution is -2.50. The van der Waals surface area contributed by atoms with Gasteiger partial charge >= 0.3 is 6.01 Å². The molecule has 3 heterocycles. The Morgan fingerprint density at radius 1 is 1.19 bits per heavy atom. The zero-order valence-electron chi connectivity index (χ0n) is 18.7. The first-order chi connectivity index (χ1) is 14.1. The summed E-state index contributed by atoms with van der Waals surface area (Å²) in [6, 6.07) is 2.70. The summed E-state index contributed by atoms with van der Waals surface area (Å²) in [7, 11) is -3.32. The molecular formula is C20H32ClN5O4S. The average Bonchev–Trinajstić information content (AvgIpc) is 3.18. The van der Waals surface area contributed by atoms with Crippen LogP contribution in [0.1, 0.15) is 44.5 Å². The highest BCUT2D eigenvalue weighted by atomic mass is 35.5. The molecule has 1 aliphatic rings. The molecule has 11 heteroatoms. The summed E-state index contributed by atoms with van der Waals surface area (Å²) in [4.78, 5) is 13.1. The van der Waals surface area contributed by atoms with Gasteiger partial charge in [0.2, 0.25) is 0 Å². The van der Waals surface area contributed by atoms with Gasteiger partial charge in [-0.2, -0.15) is 4.98 Å². The van der Waals surface area contributed by atoms with Gasteiger partial charge in [-0.3, -0.25) is 4.90 Å². The normalized spacial score (nSPS) is 16.3. The van der Waals surface area contributed by atoms with E-state index in [-0.39, 0.29) is 23.4 Å². The Morgan fingerprint density at radius 2 is 1.87 bits per heavy atom. The van der Waals surface area contributed by atoms with Crippen LogP contribution >= 0.6 is 12.4 Å². The molecule has 0 aliphatic carbocycles. The van der Waals surface area contributed by atoms with E-state index in [0.29, 0.717) is 30.0 Å². The van der Waals surface area contributed by atoms with Crippen molar-refractivity contribution in [1.82, 2.24) is 20.0 Å². The number of hydrogen-bond donors (Lipinski definition) is 0. The van der Waals surface area contributed by atoms with Crippen molar-refractivity contribution in [3.63, 3.8) is 0 Å². The van der Waals surface area contributed by atoms with Crippen LogP contribution in [-0.2, 0) is 9.84 Å². The smallest absolute Gasteiger partial charge is 0.324 e. The largest absolute Gasteiger partial charge is 0.492 e. The van der Waals surface area contributed by atoms with Gasteiger partial charge in [-0.25, -0.2) is 13.4 Å². The molecule has 0 radical (unpaired) electrons. The minimum Gasteiger partial charge on any atom is -0.492 e. The lowest BCUT2D eigenvalue weighted by atomic mass is 10.2. The van der Waals surface area contributed by atoms with Crippen LogP contribution in [0.2, 0.25) is 0 Å². The van der Waals surface area contributed by atoms with Crippen molar-refractivity contribution in [2.45, 2.75) is 51.1 Å². The van der Waals surface area contributed by atoms with Gasteiger partial charge in [-0.1, -0.05) is 19.0 Å². The summed E-state index contributed by atoms with van der Waals surface area (Å²) in [6.07, 6.45) is 3.50. The third-order valence-corrected chi connectivity index (χ3v) is 6.45. The SMILES string of the molecule is Cc1cc(OCCC(C)N2CCN(c3nc(C(C)C)no3)CC2)cnc1S(C)(=O)=O.Cl. The molecule has 1 aliphatic heterocycles. The Balaban J connectivity index is 0.00000341. The number of aromatic nitrogens is 3. The maximum atomic E-state index is 11.7. The maximum absolute atomic E-state index is 11.7. The molecule has 2 aromatic rings. The molecule has 31 heavy (non-hydrogen) atoms. The second kappa shape index (κ2) is 10.6. The van der Waals surface area contributed by atoms with Gasteiger partial charge in [0.1, 0.15) is 5.75 Å². The van der Waals surface area contributed by atoms with Crippen LogP contribution in [-0.4, -0.2) is 73.5 Å². The number of nitrogens with zero attached hydrogens (tertiary/aromatic N) is 5. The van der Waals surface area contributed by atoms with Crippen molar-refractivity contribution in [2.24, 2.45) is 0 Å². The Bertz CT molecular complexity index is 958. The first-order valence-corrected chi connectivity index (χ1v) is 12.2. The second-order valence-electron chi connectivity index (χ2n) is 8.16. The van der Waals surface area contributed by atoms with Crippen LogP contribution in [0.3, 0.4) is 0 Å². The maximum Gasteiger partial charge on any atom is 0.324 e. The number of anilines is 1. The Hall–Kier alpha value is -1.91. The molecular weight excluding hydrogens is 442 g/mol. The standard InChI is InChI=1S/C20H31N5O4S.ClH/c1-14(2)18-22-20(29-23-18)25-9-7-24(8-10-25)16(4)6-11-28-17-12-15(3)19(21-13-17)30(5,26)27;/h12-14,16H,6-11H2,1-5H3;1H. The topological polar surface area (TPSA) is 102 Å². The Morgan fingerprint density at radius 3 is 2.42 bits per heavy atom. The van der Waals surface area contributed by atoms with Gasteiger partial charge in [0, 0.05) is 44.4 Å². The summed E-state index contributed by atoms with van der Waals surface area (Å²) in [5.74, 6) is 1.59. The van der Waals surface area contributed by atoms with E-state index in [1.807, 2.05) is 13.8 Å². The van der Waals surface area contributed by atoms with E-state index in [2.05, 4.69) is 31.8 Å². The summed E-state index contributed by atoms with van der Waals surface area (Å²) >= 11 is 0. The van der Waals surface area contributed by atoms with Crippen molar-refractivity contribution in [1.29, 1.82) is 0 Å². The molecule has 9 nitrogen and oxygen atoms in total. The molecule has 3 rings (SSSR count). The number of sulfone groups is 1. The van der Waals surface area contributed by atoms with E-state index in [0.717, 1.165) is 44.7 Å². The van der Waals surface area contributed by atoms with Crippen LogP contribution in [0.5, 0.6) is 5.75 Å². The van der Waals surface area contributed by atoms with Crippen LogP contribution in [0.25, 0.3) is 0 Å². The first-order valence-electron chi connectivity index (χ1n) is 10.3. The summed E-state index contributed by atoms with van der Waals surface area (Å²) in [5.41, 5.74) is 0.598. The van der Waals surface area contributed by atoms with Crippen molar-refractivity contribution >= 4 is 28.3 Å². The van der Waals surface area contributed by atoms with Crippen LogP contribution in [0.4, 0.5) is 6.01 Å². The van der Waals surface area contributed by atoms with Gasteiger partial charge in [0.25, 0.3) is 0 Å². The molecule has 2 aromatic heterocycles. The predicted molar refractivity (Wildman–Crippen MR) is 121 cm³/mol. The van der Waals surface area contributed by atoms with Crippen molar-refractivity contribution < 1.29 is 17.7 Å². The Kier molecular flexibility index (Phi) is 8.67. The highest BCUT2D eigenvalue weighted by Crippen LogP contribution is 2.20. The third kappa shape index (κ3) is 6.54. The third-order valence-electron chi connectivity index (χ3n) is 5.32. The molecule has 1 unspecified atom stereocenters. The highest BCUT2D eigenvalue weighted by molar-refractivity contribution is 7.90. The molecule has 1 fully saturated rings. The monoisotopic (exact) mass is 473 g/mol. The van der Waals surface area contributed by atoms with E-state index in [4.69, 9.17) is 9.26 Å². The van der Waals surface area contributed by atoms with E-state index in [1.54, 1.807) is 13.0 Å². The number of hydrogen-bond acceptors (Lipinski definition) is 9. The van der Waals surface area contributed by atoms with E-state index in [9.17, 15) is 8.42 Å². The molecule has 1 saturated heterocycles. The number of aryl methyl sites for hydroxylation is 1. The summed E-state index contributed by atoms with van der Waals surface area (Å²) in [5, 5.41) is 4.14. The average molecular weight is 474 g/mol. The zero-order chi connectivity index (χ0) is 21.9. The fraction of sp³-hybridized carbons (Fsp3) is 0.650. The van der Waals surface area contributed by atoms with Gasteiger partial charge in [0.05, 0.1) is 12.8 Å². The molecule has 0 N–H and O–H groups in total. The fourth-order valence-corrected chi connectivity index (χ4v) is 4.36. The second-order valence-corrected chi connectivity index (χ2v) is 10.1. The quantitative estimate of drug-likeness (QED) is 0.572. The molecule has 0 spiro atoms. The Labute approximate surface area is 190 Å². The lowest BCUT2D eigenvalue weighted by molar-refractivity contribution is 0.163.